The maximum atomic E-state index is 12.5. The first-order valence-corrected chi connectivity index (χ1v) is 8.67. The molecule has 1 heterocycles. The summed E-state index contributed by atoms with van der Waals surface area (Å²) in [5, 5.41) is 0.776. The number of hydrogen-bond acceptors (Lipinski definition) is 4. The van der Waals surface area contributed by atoms with Crippen LogP contribution >= 0.6 is 0 Å². The zero-order valence-electron chi connectivity index (χ0n) is 12.6. The van der Waals surface area contributed by atoms with Crippen LogP contribution in [0.3, 0.4) is 0 Å². The highest BCUT2D eigenvalue weighted by Crippen LogP contribution is 2.22. The molecule has 0 spiro atoms. The summed E-state index contributed by atoms with van der Waals surface area (Å²) in [6, 6.07) is 15.3. The number of anilines is 1. The molecule has 1 aromatic heterocycles. The number of nitrogens with zero attached hydrogens (tertiary/aromatic N) is 1. The van der Waals surface area contributed by atoms with Crippen LogP contribution < -0.4 is 9.46 Å². The minimum atomic E-state index is -3.67. The third-order valence-electron chi connectivity index (χ3n) is 3.28. The maximum absolute atomic E-state index is 12.5. The summed E-state index contributed by atoms with van der Waals surface area (Å²) >= 11 is 0. The average molecular weight is 328 g/mol. The van der Waals surface area contributed by atoms with Crippen LogP contribution in [0.25, 0.3) is 10.9 Å². The molecule has 0 fully saturated rings. The standard InChI is InChI=1S/C17H16N2O3S/c1-2-22-15-7-3-6-14(12-15)19-23(20,21)16-8-9-17-13(11-16)5-4-10-18-17/h3-12,19H,2H2,1H3. The monoisotopic (exact) mass is 328 g/mol. The Bertz CT molecular complexity index is 939. The van der Waals surface area contributed by atoms with Gasteiger partial charge in [0.05, 0.1) is 22.7 Å². The Hall–Kier alpha value is -2.60. The number of pyridine rings is 1. The summed E-state index contributed by atoms with van der Waals surface area (Å²) in [5.41, 5.74) is 1.21. The molecule has 23 heavy (non-hydrogen) atoms. The summed E-state index contributed by atoms with van der Waals surface area (Å²) in [5.74, 6) is 0.621. The largest absolute Gasteiger partial charge is 0.494 e. The van der Waals surface area contributed by atoms with E-state index in [0.717, 1.165) is 10.9 Å². The third kappa shape index (κ3) is 3.43. The van der Waals surface area contributed by atoms with Gasteiger partial charge >= 0.3 is 0 Å². The second-order valence-corrected chi connectivity index (χ2v) is 6.61. The minimum Gasteiger partial charge on any atom is -0.494 e. The van der Waals surface area contributed by atoms with Gasteiger partial charge in [-0.25, -0.2) is 8.42 Å². The SMILES string of the molecule is CCOc1cccc(NS(=O)(=O)c2ccc3ncccc3c2)c1. The van der Waals surface area contributed by atoms with Gasteiger partial charge in [0, 0.05) is 17.6 Å². The van der Waals surface area contributed by atoms with Crippen molar-refractivity contribution < 1.29 is 13.2 Å². The molecule has 0 radical (unpaired) electrons. The quantitative estimate of drug-likeness (QED) is 0.779. The van der Waals surface area contributed by atoms with E-state index in [0.29, 0.717) is 18.0 Å². The zero-order chi connectivity index (χ0) is 16.3. The van der Waals surface area contributed by atoms with Crippen LogP contribution in [0.4, 0.5) is 5.69 Å². The molecule has 0 unspecified atom stereocenters. The second kappa shape index (κ2) is 6.26. The van der Waals surface area contributed by atoms with E-state index in [4.69, 9.17) is 4.74 Å². The lowest BCUT2D eigenvalue weighted by Crippen LogP contribution is -2.13. The Morgan fingerprint density at radius 1 is 1.09 bits per heavy atom. The Balaban J connectivity index is 1.92. The maximum Gasteiger partial charge on any atom is 0.261 e. The number of hydrogen-bond donors (Lipinski definition) is 1. The normalized spacial score (nSPS) is 11.3. The topological polar surface area (TPSA) is 68.3 Å². The van der Waals surface area contributed by atoms with Gasteiger partial charge in [0.2, 0.25) is 0 Å². The number of aromatic nitrogens is 1. The van der Waals surface area contributed by atoms with E-state index in [1.807, 2.05) is 13.0 Å². The van der Waals surface area contributed by atoms with Crippen molar-refractivity contribution in [3.8, 4) is 5.75 Å². The van der Waals surface area contributed by atoms with Crippen LogP contribution in [0, 0.1) is 0 Å². The van der Waals surface area contributed by atoms with Crippen LogP contribution in [0.1, 0.15) is 6.92 Å². The smallest absolute Gasteiger partial charge is 0.261 e. The van der Waals surface area contributed by atoms with Crippen LogP contribution in [0.2, 0.25) is 0 Å². The molecule has 0 saturated carbocycles. The molecule has 0 bridgehead atoms. The van der Waals surface area contributed by atoms with E-state index in [-0.39, 0.29) is 4.90 Å². The summed E-state index contributed by atoms with van der Waals surface area (Å²) in [7, 11) is -3.67. The number of sulfonamides is 1. The van der Waals surface area contributed by atoms with Crippen molar-refractivity contribution in [2.24, 2.45) is 0 Å². The first-order valence-electron chi connectivity index (χ1n) is 7.19. The van der Waals surface area contributed by atoms with Crippen molar-refractivity contribution >= 4 is 26.6 Å². The van der Waals surface area contributed by atoms with E-state index in [2.05, 4.69) is 9.71 Å². The molecule has 2 aromatic carbocycles. The highest BCUT2D eigenvalue weighted by atomic mass is 32.2. The van der Waals surface area contributed by atoms with Gasteiger partial charge in [-0.15, -0.1) is 0 Å². The van der Waals surface area contributed by atoms with Gasteiger partial charge in [0.1, 0.15) is 5.75 Å². The van der Waals surface area contributed by atoms with Gasteiger partial charge in [-0.1, -0.05) is 12.1 Å². The summed E-state index contributed by atoms with van der Waals surface area (Å²) in [4.78, 5) is 4.38. The van der Waals surface area contributed by atoms with Crippen molar-refractivity contribution in [2.45, 2.75) is 11.8 Å². The van der Waals surface area contributed by atoms with Gasteiger partial charge in [0.15, 0.2) is 0 Å². The lowest BCUT2D eigenvalue weighted by atomic mass is 10.2. The van der Waals surface area contributed by atoms with Crippen LogP contribution in [-0.2, 0) is 10.0 Å². The van der Waals surface area contributed by atoms with Crippen molar-refractivity contribution in [3.05, 3.63) is 60.8 Å². The van der Waals surface area contributed by atoms with Gasteiger partial charge in [-0.3, -0.25) is 9.71 Å². The van der Waals surface area contributed by atoms with Gasteiger partial charge in [-0.05, 0) is 43.3 Å². The fourth-order valence-corrected chi connectivity index (χ4v) is 3.34. The molecule has 0 aliphatic heterocycles. The summed E-state index contributed by atoms with van der Waals surface area (Å²) < 4.78 is 33.0. The number of benzene rings is 2. The molecule has 6 heteroatoms. The molecule has 5 nitrogen and oxygen atoms in total. The predicted octanol–water partition coefficient (Wildman–Crippen LogP) is 3.43. The third-order valence-corrected chi connectivity index (χ3v) is 4.66. The van der Waals surface area contributed by atoms with Crippen molar-refractivity contribution in [1.29, 1.82) is 0 Å². The number of fused-ring (bicyclic) bond motifs is 1. The Morgan fingerprint density at radius 2 is 1.96 bits per heavy atom. The van der Waals surface area contributed by atoms with E-state index in [1.165, 1.54) is 0 Å². The number of rotatable bonds is 5. The average Bonchev–Trinajstić information content (AvgIpc) is 2.54. The second-order valence-electron chi connectivity index (χ2n) is 4.92. The fraction of sp³-hybridized carbons (Fsp3) is 0.118. The fourth-order valence-electron chi connectivity index (χ4n) is 2.25. The summed E-state index contributed by atoms with van der Waals surface area (Å²) in [6.45, 7) is 2.40. The lowest BCUT2D eigenvalue weighted by Gasteiger charge is -2.10. The number of nitrogens with one attached hydrogen (secondary N) is 1. The molecule has 0 atom stereocenters. The van der Waals surface area contributed by atoms with Crippen molar-refractivity contribution in [3.63, 3.8) is 0 Å². The van der Waals surface area contributed by atoms with E-state index < -0.39 is 10.0 Å². The molecule has 118 valence electrons. The van der Waals surface area contributed by atoms with Gasteiger partial charge < -0.3 is 4.74 Å². The van der Waals surface area contributed by atoms with Crippen molar-refractivity contribution in [2.75, 3.05) is 11.3 Å². The first-order chi connectivity index (χ1) is 11.1. The zero-order valence-corrected chi connectivity index (χ0v) is 13.4. The van der Waals surface area contributed by atoms with Crippen LogP contribution in [-0.4, -0.2) is 20.0 Å². The molecule has 0 saturated heterocycles. The lowest BCUT2D eigenvalue weighted by molar-refractivity contribution is 0.340. The molecule has 3 rings (SSSR count). The molecule has 0 amide bonds. The van der Waals surface area contributed by atoms with Crippen molar-refractivity contribution in [1.82, 2.24) is 4.98 Å². The van der Waals surface area contributed by atoms with Gasteiger partial charge in [0.25, 0.3) is 10.0 Å². The predicted molar refractivity (Wildman–Crippen MR) is 90.2 cm³/mol. The van der Waals surface area contributed by atoms with E-state index in [1.54, 1.807) is 54.7 Å². The van der Waals surface area contributed by atoms with Crippen LogP contribution in [0.5, 0.6) is 5.75 Å². The molecule has 0 aliphatic rings. The number of ether oxygens (including phenoxy) is 1. The highest BCUT2D eigenvalue weighted by Gasteiger charge is 2.15. The van der Waals surface area contributed by atoms with Gasteiger partial charge in [-0.2, -0.15) is 0 Å². The molecule has 3 aromatic rings. The Kier molecular flexibility index (Phi) is 4.16. The minimum absolute atomic E-state index is 0.194. The first kappa shape index (κ1) is 15.3. The van der Waals surface area contributed by atoms with E-state index in [9.17, 15) is 8.42 Å². The molecule has 1 N–H and O–H groups in total. The van der Waals surface area contributed by atoms with E-state index >= 15 is 0 Å². The Morgan fingerprint density at radius 3 is 2.78 bits per heavy atom. The summed E-state index contributed by atoms with van der Waals surface area (Å²) in [6.07, 6.45) is 1.67. The molecular weight excluding hydrogens is 312 g/mol. The molecule has 0 aliphatic carbocycles. The highest BCUT2D eigenvalue weighted by molar-refractivity contribution is 7.92. The molecular formula is C17H16N2O3S. The van der Waals surface area contributed by atoms with Crippen LogP contribution in [0.15, 0.2) is 65.7 Å². The Labute approximate surface area is 135 Å².